The predicted molar refractivity (Wildman–Crippen MR) is 86.6 cm³/mol. The number of nitrogens with one attached hydrogen (secondary N) is 1. The highest BCUT2D eigenvalue weighted by atomic mass is 79.9. The first-order valence-corrected chi connectivity index (χ1v) is 7.94. The van der Waals surface area contributed by atoms with Crippen LogP contribution in [0.4, 0.5) is 5.82 Å². The molecule has 1 unspecified atom stereocenters. The van der Waals surface area contributed by atoms with Crippen LogP contribution in [0.1, 0.15) is 25.8 Å². The van der Waals surface area contributed by atoms with Crippen LogP contribution in [0.2, 0.25) is 0 Å². The predicted octanol–water partition coefficient (Wildman–Crippen LogP) is 4.39. The Bertz CT molecular complexity index is 580. The first-order valence-electron chi connectivity index (χ1n) is 6.35. The molecule has 106 valence electrons. The second-order valence-electron chi connectivity index (χ2n) is 4.43. The molecule has 0 spiro atoms. The molecule has 0 aliphatic rings. The number of pyridine rings is 1. The average Bonchev–Trinajstić information content (AvgIpc) is 2.85. The number of halogens is 2. The molecule has 1 amide bonds. The summed E-state index contributed by atoms with van der Waals surface area (Å²) in [6, 6.07) is 5.32. The van der Waals surface area contributed by atoms with Crippen LogP contribution >= 0.6 is 31.9 Å². The number of nitrogens with zero attached hydrogens (tertiary/aromatic N) is 2. The van der Waals surface area contributed by atoms with Gasteiger partial charge in [0, 0.05) is 27.5 Å². The zero-order valence-electron chi connectivity index (χ0n) is 11.0. The van der Waals surface area contributed by atoms with Gasteiger partial charge in [-0.05, 0) is 56.5 Å². The molecule has 4 nitrogen and oxygen atoms in total. The largest absolute Gasteiger partial charge is 0.341 e. The van der Waals surface area contributed by atoms with E-state index in [0.717, 1.165) is 21.8 Å². The molecule has 1 atom stereocenters. The molecule has 2 aromatic heterocycles. The Morgan fingerprint density at radius 2 is 2.15 bits per heavy atom. The van der Waals surface area contributed by atoms with E-state index in [0.29, 0.717) is 5.82 Å². The molecule has 6 heteroatoms. The van der Waals surface area contributed by atoms with Gasteiger partial charge in [0.15, 0.2) is 0 Å². The Hall–Kier alpha value is -1.14. The highest BCUT2D eigenvalue weighted by Crippen LogP contribution is 2.20. The normalized spacial score (nSPS) is 12.2. The second-order valence-corrected chi connectivity index (χ2v) is 6.26. The van der Waals surface area contributed by atoms with E-state index in [2.05, 4.69) is 49.1 Å². The first-order chi connectivity index (χ1) is 9.60. The van der Waals surface area contributed by atoms with Gasteiger partial charge in [0.2, 0.25) is 5.91 Å². The van der Waals surface area contributed by atoms with E-state index in [4.69, 9.17) is 0 Å². The van der Waals surface area contributed by atoms with Crippen molar-refractivity contribution in [3.63, 3.8) is 0 Å². The zero-order chi connectivity index (χ0) is 14.5. The molecule has 0 aliphatic carbocycles. The maximum atomic E-state index is 12.4. The summed E-state index contributed by atoms with van der Waals surface area (Å²) in [6.45, 7) is 2.07. The first kappa shape index (κ1) is 15.3. The van der Waals surface area contributed by atoms with Gasteiger partial charge in [-0.3, -0.25) is 4.79 Å². The zero-order valence-corrected chi connectivity index (χ0v) is 14.2. The molecule has 0 radical (unpaired) electrons. The molecule has 0 bridgehead atoms. The summed E-state index contributed by atoms with van der Waals surface area (Å²) in [4.78, 5) is 16.6. The van der Waals surface area contributed by atoms with Gasteiger partial charge in [-0.1, -0.05) is 13.3 Å². The van der Waals surface area contributed by atoms with Gasteiger partial charge in [-0.15, -0.1) is 0 Å². The van der Waals surface area contributed by atoms with E-state index < -0.39 is 0 Å². The van der Waals surface area contributed by atoms with E-state index in [9.17, 15) is 4.79 Å². The lowest BCUT2D eigenvalue weighted by Gasteiger charge is -2.17. The van der Waals surface area contributed by atoms with Crippen molar-refractivity contribution in [2.75, 3.05) is 5.32 Å². The number of carbonyl (C=O) groups excluding carboxylic acids is 1. The van der Waals surface area contributed by atoms with Crippen LogP contribution in [-0.4, -0.2) is 15.5 Å². The molecule has 2 rings (SSSR count). The second kappa shape index (κ2) is 7.04. The molecule has 20 heavy (non-hydrogen) atoms. The summed E-state index contributed by atoms with van der Waals surface area (Å²) < 4.78 is 3.77. The van der Waals surface area contributed by atoms with Gasteiger partial charge in [0.05, 0.1) is 0 Å². The summed E-state index contributed by atoms with van der Waals surface area (Å²) in [5.41, 5.74) is 0. The van der Waals surface area contributed by atoms with Gasteiger partial charge in [-0.25, -0.2) is 4.98 Å². The Balaban J connectivity index is 2.13. The van der Waals surface area contributed by atoms with Crippen molar-refractivity contribution in [3.05, 3.63) is 45.7 Å². The minimum atomic E-state index is -0.225. The summed E-state index contributed by atoms with van der Waals surface area (Å²) in [5, 5.41) is 2.85. The van der Waals surface area contributed by atoms with E-state index in [-0.39, 0.29) is 11.9 Å². The maximum Gasteiger partial charge on any atom is 0.248 e. The quantitative estimate of drug-likeness (QED) is 0.808. The lowest BCUT2D eigenvalue weighted by molar-refractivity contribution is -0.119. The summed E-state index contributed by atoms with van der Waals surface area (Å²) in [7, 11) is 0. The van der Waals surface area contributed by atoms with Gasteiger partial charge in [0.1, 0.15) is 11.9 Å². The Morgan fingerprint density at radius 3 is 2.70 bits per heavy atom. The van der Waals surface area contributed by atoms with E-state index in [1.807, 2.05) is 29.1 Å². The van der Waals surface area contributed by atoms with E-state index >= 15 is 0 Å². The van der Waals surface area contributed by atoms with Crippen LogP contribution in [0.25, 0.3) is 0 Å². The van der Waals surface area contributed by atoms with Crippen LogP contribution in [0.3, 0.4) is 0 Å². The number of hydrogen-bond donors (Lipinski definition) is 1. The molecular formula is C14H15Br2N3O. The number of anilines is 1. The molecule has 1 N–H and O–H groups in total. The Labute approximate surface area is 134 Å². The van der Waals surface area contributed by atoms with Crippen LogP contribution in [-0.2, 0) is 4.79 Å². The summed E-state index contributed by atoms with van der Waals surface area (Å²) in [6.07, 6.45) is 7.19. The van der Waals surface area contributed by atoms with Gasteiger partial charge in [-0.2, -0.15) is 0 Å². The van der Waals surface area contributed by atoms with Crippen LogP contribution in [0.5, 0.6) is 0 Å². The van der Waals surface area contributed by atoms with Crippen molar-refractivity contribution >= 4 is 43.6 Å². The average molecular weight is 401 g/mol. The van der Waals surface area contributed by atoms with Crippen LogP contribution < -0.4 is 5.32 Å². The summed E-state index contributed by atoms with van der Waals surface area (Å²) >= 11 is 6.73. The van der Waals surface area contributed by atoms with Gasteiger partial charge >= 0.3 is 0 Å². The molecule has 0 saturated carbocycles. The SMILES string of the molecule is CCCC(C(=O)Nc1ccc(Br)cn1)n1ccc(Br)c1. The van der Waals surface area contributed by atoms with Crippen molar-refractivity contribution in [2.24, 2.45) is 0 Å². The molecule has 0 fully saturated rings. The van der Waals surface area contributed by atoms with Crippen LogP contribution in [0.15, 0.2) is 45.7 Å². The summed E-state index contributed by atoms with van der Waals surface area (Å²) in [5.74, 6) is 0.510. The molecule has 2 aromatic rings. The van der Waals surface area contributed by atoms with Crippen molar-refractivity contribution in [2.45, 2.75) is 25.8 Å². The fourth-order valence-electron chi connectivity index (χ4n) is 1.93. The molecular weight excluding hydrogens is 386 g/mol. The lowest BCUT2D eigenvalue weighted by atomic mass is 10.1. The number of hydrogen-bond acceptors (Lipinski definition) is 2. The third-order valence-corrected chi connectivity index (χ3v) is 3.82. The van der Waals surface area contributed by atoms with Crippen molar-refractivity contribution in [1.82, 2.24) is 9.55 Å². The highest BCUT2D eigenvalue weighted by Gasteiger charge is 2.19. The van der Waals surface area contributed by atoms with E-state index in [1.165, 1.54) is 0 Å². The standard InChI is InChI=1S/C14H15Br2N3O/c1-2-3-12(19-7-6-11(16)9-19)14(20)18-13-5-4-10(15)8-17-13/h4-9,12H,2-3H2,1H3,(H,17,18,20). The number of aromatic nitrogens is 2. The molecule has 0 aromatic carbocycles. The number of rotatable bonds is 5. The van der Waals surface area contributed by atoms with Gasteiger partial charge < -0.3 is 9.88 Å². The lowest BCUT2D eigenvalue weighted by Crippen LogP contribution is -2.25. The Morgan fingerprint density at radius 1 is 1.35 bits per heavy atom. The maximum absolute atomic E-state index is 12.4. The third-order valence-electron chi connectivity index (χ3n) is 2.88. The van der Waals surface area contributed by atoms with Crippen molar-refractivity contribution < 1.29 is 4.79 Å². The molecule has 0 saturated heterocycles. The minimum absolute atomic E-state index is 0.0511. The van der Waals surface area contributed by atoms with E-state index in [1.54, 1.807) is 12.3 Å². The Kier molecular flexibility index (Phi) is 5.37. The number of carbonyl (C=O) groups is 1. The monoisotopic (exact) mass is 399 g/mol. The smallest absolute Gasteiger partial charge is 0.248 e. The topological polar surface area (TPSA) is 46.9 Å². The molecule has 0 aliphatic heterocycles. The van der Waals surface area contributed by atoms with Crippen molar-refractivity contribution in [1.29, 1.82) is 0 Å². The third kappa shape index (κ3) is 3.93. The van der Waals surface area contributed by atoms with Crippen LogP contribution in [0, 0.1) is 0 Å². The van der Waals surface area contributed by atoms with Gasteiger partial charge in [0.25, 0.3) is 0 Å². The fraction of sp³-hybridized carbons (Fsp3) is 0.286. The number of amides is 1. The molecule has 2 heterocycles. The van der Waals surface area contributed by atoms with Crippen molar-refractivity contribution in [3.8, 4) is 0 Å². The highest BCUT2D eigenvalue weighted by molar-refractivity contribution is 9.10. The fourth-order valence-corrected chi connectivity index (χ4v) is 2.52. The minimum Gasteiger partial charge on any atom is -0.341 e.